The second kappa shape index (κ2) is 9.06. The summed E-state index contributed by atoms with van der Waals surface area (Å²) in [5, 5.41) is 16.8. The normalized spacial score (nSPS) is 11.2. The Morgan fingerprint density at radius 2 is 1.85 bits per heavy atom. The molecule has 0 saturated heterocycles. The molecule has 1 aromatic heterocycles. The molecule has 0 aliphatic carbocycles. The van der Waals surface area contributed by atoms with Crippen LogP contribution in [0.1, 0.15) is 33.3 Å². The van der Waals surface area contributed by atoms with Crippen molar-refractivity contribution in [2.45, 2.75) is 13.1 Å². The van der Waals surface area contributed by atoms with Crippen LogP contribution in [0.5, 0.6) is 0 Å². The first-order valence-corrected chi connectivity index (χ1v) is 9.21. The van der Waals surface area contributed by atoms with Crippen molar-refractivity contribution in [2.24, 2.45) is 0 Å². The predicted molar refractivity (Wildman–Crippen MR) is 106 cm³/mol. The number of halogens is 4. The van der Waals surface area contributed by atoms with E-state index in [9.17, 15) is 37.3 Å². The van der Waals surface area contributed by atoms with E-state index in [1.54, 1.807) is 0 Å². The summed E-state index contributed by atoms with van der Waals surface area (Å²) >= 11 is 0. The number of benzene rings is 2. The number of nitro benzene ring substituents is 1. The first-order chi connectivity index (χ1) is 15.5. The smallest absolute Gasteiger partial charge is 0.434 e. The van der Waals surface area contributed by atoms with Gasteiger partial charge in [0.25, 0.3) is 5.91 Å². The Hall–Kier alpha value is -4.29. The minimum Gasteiger partial charge on any atom is -0.462 e. The van der Waals surface area contributed by atoms with Crippen molar-refractivity contribution in [3.63, 3.8) is 0 Å². The minimum atomic E-state index is -4.92. The third-order valence-corrected chi connectivity index (χ3v) is 4.31. The fourth-order valence-electron chi connectivity index (χ4n) is 2.86. The topological polar surface area (TPSA) is 116 Å². The lowest BCUT2D eigenvalue weighted by Gasteiger charge is -2.13. The van der Waals surface area contributed by atoms with Crippen molar-refractivity contribution in [1.82, 2.24) is 9.78 Å². The molecular formula is C20H14F4N4O5. The second-order valence-corrected chi connectivity index (χ2v) is 6.46. The van der Waals surface area contributed by atoms with E-state index in [0.29, 0.717) is 4.68 Å². The van der Waals surface area contributed by atoms with Crippen molar-refractivity contribution in [3.8, 4) is 5.69 Å². The molecule has 0 atom stereocenters. The number of nitrogens with zero attached hydrogens (tertiary/aromatic N) is 3. The Bertz CT molecular complexity index is 1220. The summed E-state index contributed by atoms with van der Waals surface area (Å²) in [4.78, 5) is 34.1. The molecule has 9 nitrogen and oxygen atoms in total. The van der Waals surface area contributed by atoms with Gasteiger partial charge in [0.2, 0.25) is 5.82 Å². The fourth-order valence-corrected chi connectivity index (χ4v) is 2.86. The van der Waals surface area contributed by atoms with Crippen molar-refractivity contribution >= 4 is 23.3 Å². The summed E-state index contributed by atoms with van der Waals surface area (Å²) in [7, 11) is 0. The average molecular weight is 466 g/mol. The van der Waals surface area contributed by atoms with Crippen LogP contribution in [-0.4, -0.2) is 33.2 Å². The van der Waals surface area contributed by atoms with Crippen LogP contribution in [0.2, 0.25) is 0 Å². The first-order valence-electron chi connectivity index (χ1n) is 9.21. The van der Waals surface area contributed by atoms with Gasteiger partial charge < -0.3 is 10.1 Å². The molecule has 33 heavy (non-hydrogen) atoms. The molecule has 0 radical (unpaired) electrons. The molecular weight excluding hydrogens is 452 g/mol. The highest BCUT2D eigenvalue weighted by atomic mass is 19.4. The molecule has 0 saturated carbocycles. The number of ether oxygens (including phenoxy) is 1. The predicted octanol–water partition coefficient (Wildman–Crippen LogP) is 4.37. The van der Waals surface area contributed by atoms with Gasteiger partial charge in [-0.05, 0) is 43.3 Å². The fraction of sp³-hybridized carbons (Fsp3) is 0.150. The SMILES string of the molecule is CCOC(=O)c1cnn(-c2ccc(C(=O)Nc3ccc(F)c([N+](=O)[O-])c3)cc2)c1C(F)(F)F. The van der Waals surface area contributed by atoms with Gasteiger partial charge in [0.15, 0.2) is 5.69 Å². The Labute approximate surface area is 182 Å². The van der Waals surface area contributed by atoms with E-state index in [1.807, 2.05) is 0 Å². The number of carbonyl (C=O) groups is 2. The molecule has 1 amide bonds. The number of anilines is 1. The maximum absolute atomic E-state index is 13.6. The highest BCUT2D eigenvalue weighted by Gasteiger charge is 2.41. The van der Waals surface area contributed by atoms with Crippen LogP contribution in [0.25, 0.3) is 5.69 Å². The van der Waals surface area contributed by atoms with Crippen molar-refractivity contribution < 1.29 is 36.8 Å². The Morgan fingerprint density at radius 3 is 2.42 bits per heavy atom. The van der Waals surface area contributed by atoms with Crippen LogP contribution in [0.4, 0.5) is 28.9 Å². The number of alkyl halides is 3. The second-order valence-electron chi connectivity index (χ2n) is 6.46. The van der Waals surface area contributed by atoms with Crippen LogP contribution in [0.15, 0.2) is 48.7 Å². The molecule has 0 bridgehead atoms. The minimum absolute atomic E-state index is 0.00272. The molecule has 3 aromatic rings. The van der Waals surface area contributed by atoms with Crippen LogP contribution < -0.4 is 5.32 Å². The molecule has 0 fully saturated rings. The summed E-state index contributed by atoms with van der Waals surface area (Å²) in [6.45, 7) is 1.33. The lowest BCUT2D eigenvalue weighted by molar-refractivity contribution is -0.387. The molecule has 0 spiro atoms. The number of carbonyl (C=O) groups excluding carboxylic acids is 2. The molecule has 1 heterocycles. The number of esters is 1. The van der Waals surface area contributed by atoms with Gasteiger partial charge in [-0.1, -0.05) is 0 Å². The molecule has 0 aliphatic heterocycles. The number of rotatable bonds is 6. The number of nitrogens with one attached hydrogen (secondary N) is 1. The molecule has 1 N–H and O–H groups in total. The zero-order chi connectivity index (χ0) is 24.3. The molecule has 13 heteroatoms. The standard InChI is InChI=1S/C20H14F4N4O5/c1-2-33-19(30)14-10-25-27(17(14)20(22,23)24)13-6-3-11(4-7-13)18(29)26-12-5-8-15(21)16(9-12)28(31)32/h3-10H,2H2,1H3,(H,26,29). The van der Waals surface area contributed by atoms with E-state index < -0.39 is 45.7 Å². The molecule has 0 aliphatic rings. The Morgan fingerprint density at radius 1 is 1.18 bits per heavy atom. The summed E-state index contributed by atoms with van der Waals surface area (Å²) < 4.78 is 59.3. The highest BCUT2D eigenvalue weighted by Crippen LogP contribution is 2.34. The van der Waals surface area contributed by atoms with E-state index in [4.69, 9.17) is 0 Å². The highest BCUT2D eigenvalue weighted by molar-refractivity contribution is 6.04. The van der Waals surface area contributed by atoms with Crippen molar-refractivity contribution in [1.29, 1.82) is 0 Å². The third-order valence-electron chi connectivity index (χ3n) is 4.31. The van der Waals surface area contributed by atoms with Crippen LogP contribution >= 0.6 is 0 Å². The Balaban J connectivity index is 1.88. The maximum atomic E-state index is 13.6. The largest absolute Gasteiger partial charge is 0.462 e. The van der Waals surface area contributed by atoms with Gasteiger partial charge in [0.1, 0.15) is 5.56 Å². The molecule has 3 rings (SSSR count). The van der Waals surface area contributed by atoms with Gasteiger partial charge in [0.05, 0.1) is 23.4 Å². The number of aromatic nitrogens is 2. The summed E-state index contributed by atoms with van der Waals surface area (Å²) in [6, 6.07) is 7.47. The van der Waals surface area contributed by atoms with Gasteiger partial charge >= 0.3 is 17.8 Å². The molecule has 2 aromatic carbocycles. The average Bonchev–Trinajstić information content (AvgIpc) is 3.21. The molecule has 0 unspecified atom stereocenters. The first kappa shape index (κ1) is 23.4. The zero-order valence-electron chi connectivity index (χ0n) is 16.7. The number of hydrogen-bond donors (Lipinski definition) is 1. The summed E-state index contributed by atoms with van der Waals surface area (Å²) in [5.74, 6) is -3.00. The van der Waals surface area contributed by atoms with Crippen molar-refractivity contribution in [2.75, 3.05) is 11.9 Å². The lowest BCUT2D eigenvalue weighted by atomic mass is 10.1. The van der Waals surface area contributed by atoms with Crippen LogP contribution in [0, 0.1) is 15.9 Å². The summed E-state index contributed by atoms with van der Waals surface area (Å²) in [5.41, 5.74) is -3.08. The van der Waals surface area contributed by atoms with Gasteiger partial charge in [-0.2, -0.15) is 22.7 Å². The van der Waals surface area contributed by atoms with E-state index in [-0.39, 0.29) is 23.5 Å². The Kier molecular flexibility index (Phi) is 6.42. The number of nitro groups is 1. The lowest BCUT2D eigenvalue weighted by Crippen LogP contribution is -2.18. The van der Waals surface area contributed by atoms with Gasteiger partial charge in [-0.15, -0.1) is 0 Å². The van der Waals surface area contributed by atoms with E-state index in [2.05, 4.69) is 15.2 Å². The molecule has 172 valence electrons. The van der Waals surface area contributed by atoms with E-state index in [1.165, 1.54) is 31.2 Å². The number of hydrogen-bond acceptors (Lipinski definition) is 6. The number of amides is 1. The zero-order valence-corrected chi connectivity index (χ0v) is 16.7. The van der Waals surface area contributed by atoms with Gasteiger partial charge in [-0.25, -0.2) is 9.48 Å². The maximum Gasteiger partial charge on any atom is 0.434 e. The van der Waals surface area contributed by atoms with E-state index >= 15 is 0 Å². The van der Waals surface area contributed by atoms with Crippen LogP contribution in [-0.2, 0) is 10.9 Å². The monoisotopic (exact) mass is 466 g/mol. The van der Waals surface area contributed by atoms with Gasteiger partial charge in [0, 0.05) is 17.3 Å². The third kappa shape index (κ3) is 4.97. The van der Waals surface area contributed by atoms with Gasteiger partial charge in [-0.3, -0.25) is 14.9 Å². The van der Waals surface area contributed by atoms with E-state index in [0.717, 1.165) is 24.4 Å². The quantitative estimate of drug-likeness (QED) is 0.250. The van der Waals surface area contributed by atoms with Crippen LogP contribution in [0.3, 0.4) is 0 Å². The summed E-state index contributed by atoms with van der Waals surface area (Å²) in [6.07, 6.45) is -4.19. The van der Waals surface area contributed by atoms with Crippen molar-refractivity contribution in [3.05, 3.63) is 81.4 Å².